The van der Waals surface area contributed by atoms with Gasteiger partial charge in [-0.25, -0.2) is 14.8 Å². The van der Waals surface area contributed by atoms with E-state index in [0.29, 0.717) is 22.4 Å². The van der Waals surface area contributed by atoms with Crippen LogP contribution in [0.1, 0.15) is 16.1 Å². The summed E-state index contributed by atoms with van der Waals surface area (Å²) >= 11 is 0. The van der Waals surface area contributed by atoms with Crippen molar-refractivity contribution < 1.29 is 27.4 Å². The van der Waals surface area contributed by atoms with Crippen LogP contribution in [-0.4, -0.2) is 29.4 Å². The number of anilines is 2. The van der Waals surface area contributed by atoms with E-state index in [-0.39, 0.29) is 11.3 Å². The number of aryl methyl sites for hydroxylation is 1. The first-order valence-corrected chi connectivity index (χ1v) is 7.74. The van der Waals surface area contributed by atoms with Crippen LogP contribution in [0, 0.1) is 6.92 Å². The number of carbonyl (C=O) groups excluding carboxylic acids is 1. The largest absolute Gasteiger partial charge is 0.573 e. The fourth-order valence-electron chi connectivity index (χ4n) is 2.46. The highest BCUT2D eigenvalue weighted by molar-refractivity contribution is 6.05. The molecule has 0 spiro atoms. The van der Waals surface area contributed by atoms with Crippen LogP contribution in [0.3, 0.4) is 0 Å². The number of hydrogen-bond acceptors (Lipinski definition) is 6. The highest BCUT2D eigenvalue weighted by atomic mass is 19.4. The van der Waals surface area contributed by atoms with Crippen LogP contribution in [0.25, 0.3) is 11.0 Å². The van der Waals surface area contributed by atoms with Gasteiger partial charge in [0.1, 0.15) is 11.3 Å². The molecule has 0 atom stereocenters. The van der Waals surface area contributed by atoms with Crippen molar-refractivity contribution in [1.82, 2.24) is 9.97 Å². The van der Waals surface area contributed by atoms with Crippen LogP contribution in [0.4, 0.5) is 24.5 Å². The standard InChI is InChI=1S/C18H14F3N3O3/c1-10-3-8-13-15(14(17(25)26-2)9-22-16(13)23-10)24-11-4-6-12(7-5-11)27-18(19,20)21/h3-9H,1-2H3,(H,22,23,24). The maximum absolute atomic E-state index is 12.3. The van der Waals surface area contributed by atoms with Crippen molar-refractivity contribution in [3.05, 3.63) is 53.9 Å². The summed E-state index contributed by atoms with van der Waals surface area (Å²) < 4.78 is 45.4. The molecule has 2 heterocycles. The number of carbonyl (C=O) groups is 1. The van der Waals surface area contributed by atoms with Gasteiger partial charge in [0.15, 0.2) is 5.65 Å². The zero-order valence-corrected chi connectivity index (χ0v) is 14.3. The lowest BCUT2D eigenvalue weighted by Gasteiger charge is -2.14. The minimum atomic E-state index is -4.77. The van der Waals surface area contributed by atoms with E-state index in [2.05, 4.69) is 20.0 Å². The number of ether oxygens (including phenoxy) is 2. The van der Waals surface area contributed by atoms with Gasteiger partial charge < -0.3 is 14.8 Å². The summed E-state index contributed by atoms with van der Waals surface area (Å²) in [5, 5.41) is 3.59. The van der Waals surface area contributed by atoms with E-state index in [4.69, 9.17) is 4.74 Å². The topological polar surface area (TPSA) is 73.3 Å². The van der Waals surface area contributed by atoms with Crippen LogP contribution in [0.2, 0.25) is 0 Å². The lowest BCUT2D eigenvalue weighted by Crippen LogP contribution is -2.17. The predicted molar refractivity (Wildman–Crippen MR) is 92.0 cm³/mol. The molecule has 9 heteroatoms. The molecule has 1 aromatic carbocycles. The molecule has 0 saturated carbocycles. The van der Waals surface area contributed by atoms with E-state index < -0.39 is 12.3 Å². The van der Waals surface area contributed by atoms with Crippen molar-refractivity contribution in [1.29, 1.82) is 0 Å². The van der Waals surface area contributed by atoms with Crippen molar-refractivity contribution in [2.24, 2.45) is 0 Å². The number of methoxy groups -OCH3 is 1. The average Bonchev–Trinajstić information content (AvgIpc) is 2.61. The van der Waals surface area contributed by atoms with Crippen LogP contribution < -0.4 is 10.1 Å². The molecule has 0 aliphatic carbocycles. The van der Waals surface area contributed by atoms with E-state index in [1.807, 2.05) is 6.92 Å². The lowest BCUT2D eigenvalue weighted by molar-refractivity contribution is -0.274. The van der Waals surface area contributed by atoms with Gasteiger partial charge in [-0.05, 0) is 43.3 Å². The monoisotopic (exact) mass is 377 g/mol. The van der Waals surface area contributed by atoms with E-state index in [1.54, 1.807) is 12.1 Å². The molecular formula is C18H14F3N3O3. The molecule has 3 rings (SSSR count). The van der Waals surface area contributed by atoms with E-state index in [9.17, 15) is 18.0 Å². The Kier molecular flexibility index (Phi) is 4.85. The summed E-state index contributed by atoms with van der Waals surface area (Å²) in [5.74, 6) is -0.956. The SMILES string of the molecule is COC(=O)c1cnc2nc(C)ccc2c1Nc1ccc(OC(F)(F)F)cc1. The van der Waals surface area contributed by atoms with E-state index in [1.165, 1.54) is 37.6 Å². The van der Waals surface area contributed by atoms with Gasteiger partial charge in [-0.15, -0.1) is 13.2 Å². The Labute approximate surface area is 152 Å². The molecular weight excluding hydrogens is 363 g/mol. The molecule has 0 aliphatic rings. The molecule has 0 fully saturated rings. The Balaban J connectivity index is 2.01. The Bertz CT molecular complexity index is 989. The third kappa shape index (κ3) is 4.25. The first-order valence-electron chi connectivity index (χ1n) is 7.74. The van der Waals surface area contributed by atoms with Crippen LogP contribution in [-0.2, 0) is 4.74 Å². The maximum Gasteiger partial charge on any atom is 0.573 e. The van der Waals surface area contributed by atoms with Crippen LogP contribution >= 0.6 is 0 Å². The molecule has 0 unspecified atom stereocenters. The van der Waals surface area contributed by atoms with Gasteiger partial charge >= 0.3 is 12.3 Å². The molecule has 2 aromatic heterocycles. The molecule has 0 aliphatic heterocycles. The van der Waals surface area contributed by atoms with Crippen LogP contribution in [0.5, 0.6) is 5.75 Å². The Morgan fingerprint density at radius 1 is 1.11 bits per heavy atom. The molecule has 0 saturated heterocycles. The van der Waals surface area contributed by atoms with Gasteiger partial charge in [-0.3, -0.25) is 0 Å². The zero-order valence-electron chi connectivity index (χ0n) is 14.3. The Morgan fingerprint density at radius 2 is 1.81 bits per heavy atom. The summed E-state index contributed by atoms with van der Waals surface area (Å²) in [5.41, 5.74) is 2.18. The second-order valence-electron chi connectivity index (χ2n) is 5.56. The van der Waals surface area contributed by atoms with E-state index >= 15 is 0 Å². The van der Waals surface area contributed by atoms with Crippen molar-refractivity contribution >= 4 is 28.4 Å². The summed E-state index contributed by atoms with van der Waals surface area (Å²) in [7, 11) is 1.24. The second-order valence-corrected chi connectivity index (χ2v) is 5.56. The minimum Gasteiger partial charge on any atom is -0.465 e. The summed E-state index contributed by atoms with van der Waals surface area (Å²) in [6, 6.07) is 8.64. The first-order chi connectivity index (χ1) is 12.8. The molecule has 140 valence electrons. The fraction of sp³-hybridized carbons (Fsp3) is 0.167. The normalized spacial score (nSPS) is 11.3. The number of aromatic nitrogens is 2. The summed E-state index contributed by atoms with van der Waals surface area (Å²) in [4.78, 5) is 20.6. The number of fused-ring (bicyclic) bond motifs is 1. The Hall–Kier alpha value is -3.36. The predicted octanol–water partition coefficient (Wildman–Crippen LogP) is 4.37. The lowest BCUT2D eigenvalue weighted by atomic mass is 10.1. The molecule has 3 aromatic rings. The molecule has 0 radical (unpaired) electrons. The number of halogens is 3. The molecule has 27 heavy (non-hydrogen) atoms. The van der Waals surface area contributed by atoms with Crippen molar-refractivity contribution in [2.75, 3.05) is 12.4 Å². The number of nitrogens with one attached hydrogen (secondary N) is 1. The van der Waals surface area contributed by atoms with Gasteiger partial charge in [0, 0.05) is 23.0 Å². The van der Waals surface area contributed by atoms with Crippen LogP contribution in [0.15, 0.2) is 42.6 Å². The minimum absolute atomic E-state index is 0.172. The summed E-state index contributed by atoms with van der Waals surface area (Å²) in [6.45, 7) is 1.81. The van der Waals surface area contributed by atoms with E-state index in [0.717, 1.165) is 5.69 Å². The number of pyridine rings is 2. The molecule has 1 N–H and O–H groups in total. The van der Waals surface area contributed by atoms with Gasteiger partial charge in [0.05, 0.1) is 12.8 Å². The third-order valence-electron chi connectivity index (χ3n) is 3.63. The summed E-state index contributed by atoms with van der Waals surface area (Å²) in [6.07, 6.45) is -3.43. The number of nitrogens with zero attached hydrogens (tertiary/aromatic N) is 2. The number of hydrogen-bond donors (Lipinski definition) is 1. The number of alkyl halides is 3. The van der Waals surface area contributed by atoms with Crippen molar-refractivity contribution in [3.63, 3.8) is 0 Å². The molecule has 6 nitrogen and oxygen atoms in total. The van der Waals surface area contributed by atoms with Gasteiger partial charge in [0.2, 0.25) is 0 Å². The zero-order chi connectivity index (χ0) is 19.6. The fourth-order valence-corrected chi connectivity index (χ4v) is 2.46. The second kappa shape index (κ2) is 7.10. The van der Waals surface area contributed by atoms with Gasteiger partial charge in [-0.1, -0.05) is 0 Å². The third-order valence-corrected chi connectivity index (χ3v) is 3.63. The maximum atomic E-state index is 12.3. The number of esters is 1. The van der Waals surface area contributed by atoms with Crippen molar-refractivity contribution in [2.45, 2.75) is 13.3 Å². The number of rotatable bonds is 4. The molecule has 0 amide bonds. The van der Waals surface area contributed by atoms with Gasteiger partial charge in [-0.2, -0.15) is 0 Å². The number of benzene rings is 1. The molecule has 0 bridgehead atoms. The van der Waals surface area contributed by atoms with Gasteiger partial charge in [0.25, 0.3) is 0 Å². The van der Waals surface area contributed by atoms with Crippen molar-refractivity contribution in [3.8, 4) is 5.75 Å². The quantitative estimate of drug-likeness (QED) is 0.681. The highest BCUT2D eigenvalue weighted by Crippen LogP contribution is 2.30. The Morgan fingerprint density at radius 3 is 2.44 bits per heavy atom. The first kappa shape index (κ1) is 18.4. The average molecular weight is 377 g/mol. The smallest absolute Gasteiger partial charge is 0.465 e. The highest BCUT2D eigenvalue weighted by Gasteiger charge is 2.31.